The molecule has 0 radical (unpaired) electrons. The third kappa shape index (κ3) is 4.19. The normalized spacial score (nSPS) is 13.2. The van der Waals surface area contributed by atoms with Crippen LogP contribution in [0.5, 0.6) is 0 Å². The summed E-state index contributed by atoms with van der Waals surface area (Å²) in [6.45, 7) is 3.71. The van der Waals surface area contributed by atoms with Crippen LogP contribution in [-0.4, -0.2) is 36.9 Å². The second kappa shape index (κ2) is 6.69. The molecule has 0 aromatic heterocycles. The molecule has 0 saturated heterocycles. The molecular formula is C12H20N4O3S. The zero-order valence-corrected chi connectivity index (χ0v) is 12.6. The highest BCUT2D eigenvalue weighted by molar-refractivity contribution is 7.87. The molecule has 0 unspecified atom stereocenters. The van der Waals surface area contributed by atoms with Gasteiger partial charge in [0.1, 0.15) is 0 Å². The number of rotatable bonds is 6. The Kier molecular flexibility index (Phi) is 5.49. The van der Waals surface area contributed by atoms with Crippen LogP contribution in [0.15, 0.2) is 29.4 Å². The summed E-state index contributed by atoms with van der Waals surface area (Å²) in [5, 5.41) is 11.5. The topological polar surface area (TPSA) is 108 Å². The number of hydrogen-bond donors (Lipinski definition) is 3. The van der Waals surface area contributed by atoms with E-state index in [1.807, 2.05) is 0 Å². The van der Waals surface area contributed by atoms with Gasteiger partial charge in [-0.3, -0.25) is 0 Å². The zero-order chi connectivity index (χ0) is 15.3. The summed E-state index contributed by atoms with van der Waals surface area (Å²) in [5.74, 6) is -0.0194. The molecule has 0 amide bonds. The Labute approximate surface area is 119 Å². The third-order valence-electron chi connectivity index (χ3n) is 2.90. The van der Waals surface area contributed by atoms with E-state index in [0.717, 1.165) is 5.56 Å². The Bertz CT molecular complexity index is 584. The van der Waals surface area contributed by atoms with Crippen molar-refractivity contribution in [3.63, 3.8) is 0 Å². The zero-order valence-electron chi connectivity index (χ0n) is 11.7. The fraction of sp³-hybridized carbons (Fsp3) is 0.417. The van der Waals surface area contributed by atoms with Crippen LogP contribution < -0.4 is 10.5 Å². The molecule has 0 fully saturated rings. The van der Waals surface area contributed by atoms with Crippen molar-refractivity contribution in [2.45, 2.75) is 26.4 Å². The molecule has 1 aromatic rings. The van der Waals surface area contributed by atoms with E-state index in [1.165, 1.54) is 11.4 Å². The van der Waals surface area contributed by atoms with Crippen molar-refractivity contribution in [3.05, 3.63) is 35.4 Å². The minimum Gasteiger partial charge on any atom is -0.409 e. The lowest BCUT2D eigenvalue weighted by Gasteiger charge is -2.21. The van der Waals surface area contributed by atoms with E-state index in [-0.39, 0.29) is 18.4 Å². The molecule has 0 heterocycles. The van der Waals surface area contributed by atoms with E-state index in [2.05, 4.69) is 9.88 Å². The standard InChI is InChI=1S/C12H20N4O3S/c1-9(2)16(3)20(18,19)14-8-10-5-4-6-11(7-10)12(13)15-17/h4-7,9,14,17H,8H2,1-3H3,(H2,13,15). The quantitative estimate of drug-likeness (QED) is 0.307. The van der Waals surface area contributed by atoms with Crippen molar-refractivity contribution >= 4 is 16.0 Å². The van der Waals surface area contributed by atoms with Crippen LogP contribution in [0, 0.1) is 0 Å². The maximum absolute atomic E-state index is 11.9. The molecule has 0 spiro atoms. The molecule has 0 aliphatic carbocycles. The number of amidine groups is 1. The summed E-state index contributed by atoms with van der Waals surface area (Å²) in [4.78, 5) is 0. The van der Waals surface area contributed by atoms with Gasteiger partial charge in [-0.2, -0.15) is 17.4 Å². The molecule has 1 aromatic carbocycles. The molecule has 112 valence electrons. The molecule has 0 aliphatic heterocycles. The number of benzene rings is 1. The van der Waals surface area contributed by atoms with Crippen LogP contribution in [0.25, 0.3) is 0 Å². The van der Waals surface area contributed by atoms with Gasteiger partial charge in [0, 0.05) is 25.2 Å². The van der Waals surface area contributed by atoms with Crippen molar-refractivity contribution < 1.29 is 13.6 Å². The van der Waals surface area contributed by atoms with E-state index in [1.54, 1.807) is 38.1 Å². The molecular weight excluding hydrogens is 280 g/mol. The van der Waals surface area contributed by atoms with Gasteiger partial charge in [-0.1, -0.05) is 23.4 Å². The number of nitrogens with zero attached hydrogens (tertiary/aromatic N) is 2. The molecule has 20 heavy (non-hydrogen) atoms. The first-order valence-electron chi connectivity index (χ1n) is 6.07. The van der Waals surface area contributed by atoms with Gasteiger partial charge in [-0.15, -0.1) is 0 Å². The van der Waals surface area contributed by atoms with Gasteiger partial charge in [0.15, 0.2) is 5.84 Å². The van der Waals surface area contributed by atoms with Crippen molar-refractivity contribution in [3.8, 4) is 0 Å². The lowest BCUT2D eigenvalue weighted by atomic mass is 10.1. The van der Waals surface area contributed by atoms with Crippen LogP contribution in [0.1, 0.15) is 25.0 Å². The van der Waals surface area contributed by atoms with Crippen LogP contribution in [0.4, 0.5) is 0 Å². The van der Waals surface area contributed by atoms with Gasteiger partial charge in [0.25, 0.3) is 10.2 Å². The maximum Gasteiger partial charge on any atom is 0.279 e. The van der Waals surface area contributed by atoms with Gasteiger partial charge in [-0.05, 0) is 25.5 Å². The van der Waals surface area contributed by atoms with Gasteiger partial charge >= 0.3 is 0 Å². The largest absolute Gasteiger partial charge is 0.409 e. The third-order valence-corrected chi connectivity index (χ3v) is 4.58. The van der Waals surface area contributed by atoms with E-state index >= 15 is 0 Å². The second-order valence-corrected chi connectivity index (χ2v) is 6.44. The minimum atomic E-state index is -3.52. The van der Waals surface area contributed by atoms with Gasteiger partial charge in [0.05, 0.1) is 0 Å². The first kappa shape index (κ1) is 16.4. The van der Waals surface area contributed by atoms with Gasteiger partial charge in [0.2, 0.25) is 0 Å². The highest BCUT2D eigenvalue weighted by Gasteiger charge is 2.19. The first-order chi connectivity index (χ1) is 9.27. The van der Waals surface area contributed by atoms with E-state index < -0.39 is 10.2 Å². The van der Waals surface area contributed by atoms with Crippen LogP contribution >= 0.6 is 0 Å². The lowest BCUT2D eigenvalue weighted by molar-refractivity contribution is 0.318. The molecule has 8 heteroatoms. The summed E-state index contributed by atoms with van der Waals surface area (Å²) in [6, 6.07) is 6.67. The summed E-state index contributed by atoms with van der Waals surface area (Å²) in [6.07, 6.45) is 0. The number of nitrogens with two attached hydrogens (primary N) is 1. The average Bonchev–Trinajstić information content (AvgIpc) is 2.43. The predicted molar refractivity (Wildman–Crippen MR) is 77.6 cm³/mol. The van der Waals surface area contributed by atoms with Crippen molar-refractivity contribution in [2.24, 2.45) is 10.9 Å². The molecule has 4 N–H and O–H groups in total. The smallest absolute Gasteiger partial charge is 0.279 e. The molecule has 1 rings (SSSR count). The van der Waals surface area contributed by atoms with Crippen molar-refractivity contribution in [2.75, 3.05) is 7.05 Å². The molecule has 0 aliphatic rings. The van der Waals surface area contributed by atoms with E-state index in [9.17, 15) is 8.42 Å². The fourth-order valence-electron chi connectivity index (χ4n) is 1.45. The van der Waals surface area contributed by atoms with Crippen LogP contribution in [0.3, 0.4) is 0 Å². The van der Waals surface area contributed by atoms with E-state index in [0.29, 0.717) is 5.56 Å². The van der Waals surface area contributed by atoms with E-state index in [4.69, 9.17) is 10.9 Å². The Balaban J connectivity index is 2.81. The second-order valence-electron chi connectivity index (χ2n) is 4.62. The van der Waals surface area contributed by atoms with Crippen LogP contribution in [0.2, 0.25) is 0 Å². The molecule has 0 saturated carbocycles. The predicted octanol–water partition coefficient (Wildman–Crippen LogP) is 0.456. The average molecular weight is 300 g/mol. The van der Waals surface area contributed by atoms with Gasteiger partial charge in [-0.25, -0.2) is 0 Å². The maximum atomic E-state index is 11.9. The number of oxime groups is 1. The van der Waals surface area contributed by atoms with Gasteiger partial charge < -0.3 is 10.9 Å². The SMILES string of the molecule is CC(C)N(C)S(=O)(=O)NCc1cccc(C(N)=NO)c1. The monoisotopic (exact) mass is 300 g/mol. The fourth-order valence-corrected chi connectivity index (χ4v) is 2.56. The Hall–Kier alpha value is -1.64. The highest BCUT2D eigenvalue weighted by Crippen LogP contribution is 2.07. The minimum absolute atomic E-state index is 0.0194. The number of nitrogens with one attached hydrogen (secondary N) is 1. The summed E-state index contributed by atoms with van der Waals surface area (Å²) < 4.78 is 27.6. The first-order valence-corrected chi connectivity index (χ1v) is 7.51. The summed E-state index contributed by atoms with van der Waals surface area (Å²) in [5.41, 5.74) is 6.73. The Morgan fingerprint density at radius 2 is 2.15 bits per heavy atom. The van der Waals surface area contributed by atoms with Crippen molar-refractivity contribution in [1.82, 2.24) is 9.03 Å². The number of hydrogen-bond acceptors (Lipinski definition) is 4. The summed E-state index contributed by atoms with van der Waals surface area (Å²) >= 11 is 0. The van der Waals surface area contributed by atoms with Crippen molar-refractivity contribution in [1.29, 1.82) is 0 Å². The highest BCUT2D eigenvalue weighted by atomic mass is 32.2. The van der Waals surface area contributed by atoms with Crippen LogP contribution in [-0.2, 0) is 16.8 Å². The molecule has 0 atom stereocenters. The Morgan fingerprint density at radius 3 is 2.70 bits per heavy atom. The molecule has 0 bridgehead atoms. The summed E-state index contributed by atoms with van der Waals surface area (Å²) in [7, 11) is -2.01. The Morgan fingerprint density at radius 1 is 1.50 bits per heavy atom. The molecule has 7 nitrogen and oxygen atoms in total. The lowest BCUT2D eigenvalue weighted by Crippen LogP contribution is -2.41.